The fourth-order valence-corrected chi connectivity index (χ4v) is 2.95. The van der Waals surface area contributed by atoms with Crippen LogP contribution in [0, 0.1) is 0 Å². The van der Waals surface area contributed by atoms with Crippen molar-refractivity contribution < 1.29 is 9.32 Å². The summed E-state index contributed by atoms with van der Waals surface area (Å²) in [5.41, 5.74) is 2.34. The van der Waals surface area contributed by atoms with Crippen LogP contribution in [0.15, 0.2) is 90.2 Å². The largest absolute Gasteiger partial charge is 0.355 e. The summed E-state index contributed by atoms with van der Waals surface area (Å²) in [4.78, 5) is 25.0. The molecule has 0 saturated carbocycles. The minimum Gasteiger partial charge on any atom is -0.355 e. The highest BCUT2D eigenvalue weighted by atomic mass is 16.5. The molecule has 0 bridgehead atoms. The van der Waals surface area contributed by atoms with Crippen LogP contribution in [-0.2, 0) is 0 Å². The van der Waals surface area contributed by atoms with Crippen LogP contribution in [0.5, 0.6) is 0 Å². The average molecular weight is 424 g/mol. The maximum Gasteiger partial charge on any atom is 0.277 e. The molecule has 0 spiro atoms. The third-order valence-corrected chi connectivity index (χ3v) is 4.50. The highest BCUT2D eigenvalue weighted by molar-refractivity contribution is 6.03. The molecule has 5 aromatic rings. The number of benzene rings is 1. The monoisotopic (exact) mass is 424 g/mol. The Morgan fingerprint density at radius 3 is 2.62 bits per heavy atom. The summed E-state index contributed by atoms with van der Waals surface area (Å²) in [6.07, 6.45) is 8.25. The fourth-order valence-electron chi connectivity index (χ4n) is 2.95. The van der Waals surface area contributed by atoms with Gasteiger partial charge in [0.2, 0.25) is 0 Å². The van der Waals surface area contributed by atoms with Gasteiger partial charge in [0, 0.05) is 53.9 Å². The molecule has 5 rings (SSSR count). The molecule has 0 aliphatic rings. The SMILES string of the molecule is O=C(Nc1ccc(Nc2cc(-n3cccn3)ncn2)cc1)c1cc(-c2cccnc2)on1. The molecule has 0 fully saturated rings. The number of pyridine rings is 1. The lowest BCUT2D eigenvalue weighted by Gasteiger charge is -2.08. The van der Waals surface area contributed by atoms with E-state index in [2.05, 4.69) is 35.8 Å². The first-order valence-electron chi connectivity index (χ1n) is 9.62. The van der Waals surface area contributed by atoms with Crippen molar-refractivity contribution in [2.24, 2.45) is 0 Å². The summed E-state index contributed by atoms with van der Waals surface area (Å²) in [5, 5.41) is 14.0. The summed E-state index contributed by atoms with van der Waals surface area (Å²) in [6, 6.07) is 16.0. The van der Waals surface area contributed by atoms with E-state index in [1.807, 2.05) is 24.3 Å². The number of carbonyl (C=O) groups is 1. The molecule has 0 saturated heterocycles. The second-order valence-corrected chi connectivity index (χ2v) is 6.69. The van der Waals surface area contributed by atoms with E-state index in [4.69, 9.17) is 4.52 Å². The number of hydrogen-bond donors (Lipinski definition) is 2. The molecule has 156 valence electrons. The maximum absolute atomic E-state index is 12.5. The Hall–Kier alpha value is -4.86. The Kier molecular flexibility index (Phi) is 5.07. The van der Waals surface area contributed by atoms with Crippen LogP contribution in [0.3, 0.4) is 0 Å². The predicted molar refractivity (Wildman–Crippen MR) is 117 cm³/mol. The van der Waals surface area contributed by atoms with Crippen LogP contribution in [0.4, 0.5) is 17.2 Å². The van der Waals surface area contributed by atoms with Gasteiger partial charge in [-0.1, -0.05) is 5.16 Å². The van der Waals surface area contributed by atoms with Crippen LogP contribution in [0.2, 0.25) is 0 Å². The summed E-state index contributed by atoms with van der Waals surface area (Å²) in [6.45, 7) is 0. The van der Waals surface area contributed by atoms with Gasteiger partial charge in [-0.25, -0.2) is 14.6 Å². The molecule has 1 amide bonds. The van der Waals surface area contributed by atoms with Crippen molar-refractivity contribution in [1.82, 2.24) is 29.9 Å². The van der Waals surface area contributed by atoms with Crippen molar-refractivity contribution in [3.05, 3.63) is 91.4 Å². The number of nitrogens with zero attached hydrogens (tertiary/aromatic N) is 6. The molecule has 4 heterocycles. The van der Waals surface area contributed by atoms with Crippen molar-refractivity contribution in [3.8, 4) is 17.1 Å². The predicted octanol–water partition coefficient (Wildman–Crippen LogP) is 3.71. The molecule has 1 aromatic carbocycles. The van der Waals surface area contributed by atoms with Gasteiger partial charge in [0.15, 0.2) is 17.3 Å². The lowest BCUT2D eigenvalue weighted by molar-refractivity contribution is 0.101. The quantitative estimate of drug-likeness (QED) is 0.423. The molecule has 10 heteroatoms. The molecular formula is C22H16N8O2. The van der Waals surface area contributed by atoms with E-state index in [-0.39, 0.29) is 11.6 Å². The summed E-state index contributed by atoms with van der Waals surface area (Å²) >= 11 is 0. The second-order valence-electron chi connectivity index (χ2n) is 6.69. The van der Waals surface area contributed by atoms with Crippen LogP contribution in [0.1, 0.15) is 10.5 Å². The Labute approximate surface area is 182 Å². The Bertz CT molecular complexity index is 1330. The van der Waals surface area contributed by atoms with Gasteiger partial charge in [-0.15, -0.1) is 0 Å². The normalized spacial score (nSPS) is 10.6. The first-order chi connectivity index (χ1) is 15.7. The van der Waals surface area contributed by atoms with Gasteiger partial charge in [-0.05, 0) is 42.5 Å². The van der Waals surface area contributed by atoms with Gasteiger partial charge < -0.3 is 15.2 Å². The Balaban J connectivity index is 1.24. The first kappa shape index (κ1) is 19.1. The van der Waals surface area contributed by atoms with Crippen molar-refractivity contribution in [3.63, 3.8) is 0 Å². The van der Waals surface area contributed by atoms with E-state index < -0.39 is 0 Å². The summed E-state index contributed by atoms with van der Waals surface area (Å²) in [5.74, 6) is 1.37. The van der Waals surface area contributed by atoms with E-state index in [0.29, 0.717) is 23.1 Å². The fraction of sp³-hybridized carbons (Fsp3) is 0. The molecule has 32 heavy (non-hydrogen) atoms. The molecule has 4 aromatic heterocycles. The van der Waals surface area contributed by atoms with E-state index in [1.165, 1.54) is 6.33 Å². The summed E-state index contributed by atoms with van der Waals surface area (Å²) < 4.78 is 6.90. The Morgan fingerprint density at radius 2 is 1.84 bits per heavy atom. The third kappa shape index (κ3) is 4.19. The van der Waals surface area contributed by atoms with Crippen LogP contribution < -0.4 is 10.6 Å². The molecular weight excluding hydrogens is 408 g/mol. The number of anilines is 3. The first-order valence-corrected chi connectivity index (χ1v) is 9.62. The minimum absolute atomic E-state index is 0.179. The van der Waals surface area contributed by atoms with E-state index in [0.717, 1.165) is 11.3 Å². The number of carbonyl (C=O) groups excluding carboxylic acids is 1. The van der Waals surface area contributed by atoms with Crippen molar-refractivity contribution in [2.45, 2.75) is 0 Å². The molecule has 10 nitrogen and oxygen atoms in total. The van der Waals surface area contributed by atoms with Crippen LogP contribution in [0.25, 0.3) is 17.1 Å². The standard InChI is InChI=1S/C22H16N8O2/c31-22(18-11-19(32-29-18)15-3-1-8-23-13-15)28-17-6-4-16(5-7-17)27-20-12-21(25-14-24-20)30-10-2-9-26-30/h1-14H,(H,28,31)(H,24,25,27). The molecule has 2 N–H and O–H groups in total. The second kappa shape index (κ2) is 8.48. The minimum atomic E-state index is -0.371. The molecule has 0 atom stereocenters. The highest BCUT2D eigenvalue weighted by Crippen LogP contribution is 2.21. The zero-order chi connectivity index (χ0) is 21.8. The van der Waals surface area contributed by atoms with Gasteiger partial charge in [0.25, 0.3) is 5.91 Å². The van der Waals surface area contributed by atoms with Gasteiger partial charge in [-0.2, -0.15) is 5.10 Å². The zero-order valence-electron chi connectivity index (χ0n) is 16.6. The number of nitrogens with one attached hydrogen (secondary N) is 2. The molecule has 0 aliphatic carbocycles. The van der Waals surface area contributed by atoms with E-state index >= 15 is 0 Å². The van der Waals surface area contributed by atoms with Crippen molar-refractivity contribution >= 4 is 23.1 Å². The number of aromatic nitrogens is 6. The summed E-state index contributed by atoms with van der Waals surface area (Å²) in [7, 11) is 0. The van der Waals surface area contributed by atoms with Crippen LogP contribution in [-0.4, -0.2) is 35.8 Å². The third-order valence-electron chi connectivity index (χ3n) is 4.50. The van der Waals surface area contributed by atoms with E-state index in [1.54, 1.807) is 59.8 Å². The van der Waals surface area contributed by atoms with Gasteiger partial charge in [-0.3, -0.25) is 9.78 Å². The average Bonchev–Trinajstić information content (AvgIpc) is 3.54. The number of amides is 1. The highest BCUT2D eigenvalue weighted by Gasteiger charge is 2.14. The smallest absolute Gasteiger partial charge is 0.277 e. The Morgan fingerprint density at radius 1 is 0.969 bits per heavy atom. The maximum atomic E-state index is 12.5. The molecule has 0 unspecified atom stereocenters. The number of hydrogen-bond acceptors (Lipinski definition) is 8. The van der Waals surface area contributed by atoms with Crippen molar-refractivity contribution in [2.75, 3.05) is 10.6 Å². The molecule has 0 aliphatic heterocycles. The van der Waals surface area contributed by atoms with Gasteiger partial charge in [0.1, 0.15) is 12.1 Å². The lowest BCUT2D eigenvalue weighted by Crippen LogP contribution is -2.12. The van der Waals surface area contributed by atoms with Gasteiger partial charge in [0.05, 0.1) is 0 Å². The zero-order valence-corrected chi connectivity index (χ0v) is 16.6. The molecule has 0 radical (unpaired) electrons. The van der Waals surface area contributed by atoms with Gasteiger partial charge >= 0.3 is 0 Å². The van der Waals surface area contributed by atoms with Crippen LogP contribution >= 0.6 is 0 Å². The lowest BCUT2D eigenvalue weighted by atomic mass is 10.2. The van der Waals surface area contributed by atoms with Crippen molar-refractivity contribution in [1.29, 1.82) is 0 Å². The van der Waals surface area contributed by atoms with E-state index in [9.17, 15) is 4.79 Å². The topological polar surface area (TPSA) is 124 Å². The number of rotatable bonds is 6.